The molecule has 0 unspecified atom stereocenters. The fourth-order valence-electron chi connectivity index (χ4n) is 2.70. The lowest BCUT2D eigenvalue weighted by Crippen LogP contribution is -2.37. The normalized spacial score (nSPS) is 18.1. The van der Waals surface area contributed by atoms with Crippen LogP contribution in [0.15, 0.2) is 23.1 Å². The molecule has 1 aliphatic rings. The molecular weight excluding hydrogens is 296 g/mol. The molecular formula is C14H21ClN2O2S. The Bertz CT molecular complexity index is 567. The van der Waals surface area contributed by atoms with Crippen LogP contribution in [0.3, 0.4) is 0 Å². The van der Waals surface area contributed by atoms with Crippen LogP contribution in [0, 0.1) is 0 Å². The van der Waals surface area contributed by atoms with E-state index in [1.54, 1.807) is 13.1 Å². The van der Waals surface area contributed by atoms with Gasteiger partial charge in [0.1, 0.15) is 4.90 Å². The van der Waals surface area contributed by atoms with Gasteiger partial charge in [0.05, 0.1) is 5.69 Å². The van der Waals surface area contributed by atoms with Gasteiger partial charge in [-0.3, -0.25) is 0 Å². The van der Waals surface area contributed by atoms with Crippen LogP contribution < -0.4 is 5.73 Å². The molecule has 0 aromatic heterocycles. The van der Waals surface area contributed by atoms with Crippen molar-refractivity contribution in [1.29, 1.82) is 0 Å². The van der Waals surface area contributed by atoms with E-state index in [9.17, 15) is 8.42 Å². The number of nitrogens with zero attached hydrogens (tertiary/aromatic N) is 1. The highest BCUT2D eigenvalue weighted by atomic mass is 35.5. The lowest BCUT2D eigenvalue weighted by atomic mass is 10.1. The first-order chi connectivity index (χ1) is 9.43. The van der Waals surface area contributed by atoms with E-state index in [4.69, 9.17) is 17.3 Å². The summed E-state index contributed by atoms with van der Waals surface area (Å²) >= 11 is 5.90. The number of nitrogens with two attached hydrogens (primary N) is 1. The molecule has 1 aromatic carbocycles. The van der Waals surface area contributed by atoms with Crippen molar-refractivity contribution in [2.75, 3.05) is 12.8 Å². The van der Waals surface area contributed by atoms with Crippen LogP contribution in [0.1, 0.15) is 38.5 Å². The molecule has 1 saturated carbocycles. The summed E-state index contributed by atoms with van der Waals surface area (Å²) in [5.74, 6) is 0. The molecule has 0 amide bonds. The molecule has 0 saturated heterocycles. The van der Waals surface area contributed by atoms with Gasteiger partial charge in [-0.05, 0) is 31.0 Å². The minimum absolute atomic E-state index is 0.0564. The third kappa shape index (κ3) is 3.27. The highest BCUT2D eigenvalue weighted by Crippen LogP contribution is 2.29. The second kappa shape index (κ2) is 6.33. The number of nitrogen functional groups attached to an aromatic ring is 1. The number of hydrogen-bond donors (Lipinski definition) is 1. The third-order valence-electron chi connectivity index (χ3n) is 3.97. The predicted molar refractivity (Wildman–Crippen MR) is 82.3 cm³/mol. The molecule has 0 atom stereocenters. The summed E-state index contributed by atoms with van der Waals surface area (Å²) in [6.45, 7) is 0. The van der Waals surface area contributed by atoms with E-state index in [0.717, 1.165) is 25.7 Å². The fraction of sp³-hybridized carbons (Fsp3) is 0.571. The van der Waals surface area contributed by atoms with Crippen molar-refractivity contribution in [2.45, 2.75) is 49.5 Å². The Morgan fingerprint density at radius 3 is 2.40 bits per heavy atom. The van der Waals surface area contributed by atoms with Crippen LogP contribution in [-0.4, -0.2) is 25.8 Å². The molecule has 0 radical (unpaired) electrons. The average Bonchev–Trinajstić information content (AvgIpc) is 2.69. The van der Waals surface area contributed by atoms with Gasteiger partial charge in [-0.2, -0.15) is 4.31 Å². The van der Waals surface area contributed by atoms with Gasteiger partial charge < -0.3 is 5.73 Å². The first-order valence-electron chi connectivity index (χ1n) is 6.96. The van der Waals surface area contributed by atoms with Gasteiger partial charge in [-0.25, -0.2) is 8.42 Å². The molecule has 0 heterocycles. The van der Waals surface area contributed by atoms with Crippen LogP contribution in [0.25, 0.3) is 0 Å². The molecule has 112 valence electrons. The summed E-state index contributed by atoms with van der Waals surface area (Å²) in [6, 6.07) is 4.62. The van der Waals surface area contributed by atoms with E-state index in [-0.39, 0.29) is 16.6 Å². The van der Waals surface area contributed by atoms with Crippen LogP contribution >= 0.6 is 11.6 Å². The quantitative estimate of drug-likeness (QED) is 0.687. The van der Waals surface area contributed by atoms with Crippen LogP contribution in [0.2, 0.25) is 5.02 Å². The van der Waals surface area contributed by atoms with E-state index >= 15 is 0 Å². The fourth-order valence-corrected chi connectivity index (χ4v) is 4.50. The minimum atomic E-state index is -3.58. The SMILES string of the molecule is CN(C1CCCCCC1)S(=O)(=O)c1cc(Cl)ccc1N. The Morgan fingerprint density at radius 1 is 1.20 bits per heavy atom. The van der Waals surface area contributed by atoms with Gasteiger partial charge in [0.2, 0.25) is 10.0 Å². The number of benzene rings is 1. The third-order valence-corrected chi connectivity index (χ3v) is 6.17. The predicted octanol–water partition coefficient (Wildman–Crippen LogP) is 3.27. The zero-order valence-corrected chi connectivity index (χ0v) is 13.3. The van der Waals surface area contributed by atoms with Gasteiger partial charge in [0.25, 0.3) is 0 Å². The smallest absolute Gasteiger partial charge is 0.245 e. The van der Waals surface area contributed by atoms with E-state index in [0.29, 0.717) is 5.02 Å². The second-order valence-corrected chi connectivity index (χ2v) is 7.75. The van der Waals surface area contributed by atoms with E-state index < -0.39 is 10.0 Å². The second-order valence-electron chi connectivity index (χ2n) is 5.35. The Morgan fingerprint density at radius 2 is 1.80 bits per heavy atom. The zero-order valence-electron chi connectivity index (χ0n) is 11.7. The number of halogens is 1. The summed E-state index contributed by atoms with van der Waals surface area (Å²) in [4.78, 5) is 0.108. The van der Waals surface area contributed by atoms with Crippen LogP contribution in [0.5, 0.6) is 0 Å². The summed E-state index contributed by atoms with van der Waals surface area (Å²) in [5, 5.41) is 0.382. The maximum Gasteiger partial charge on any atom is 0.245 e. The van der Waals surface area contributed by atoms with Crippen molar-refractivity contribution in [1.82, 2.24) is 4.31 Å². The number of rotatable bonds is 3. The summed E-state index contributed by atoms with van der Waals surface area (Å²) < 4.78 is 26.9. The molecule has 2 N–H and O–H groups in total. The first kappa shape index (κ1) is 15.6. The molecule has 4 nitrogen and oxygen atoms in total. The lowest BCUT2D eigenvalue weighted by Gasteiger charge is -2.27. The highest BCUT2D eigenvalue weighted by molar-refractivity contribution is 7.89. The lowest BCUT2D eigenvalue weighted by molar-refractivity contribution is 0.336. The Labute approximate surface area is 126 Å². The Hall–Kier alpha value is -0.780. The van der Waals surface area contributed by atoms with Crippen molar-refractivity contribution in [3.63, 3.8) is 0 Å². The van der Waals surface area contributed by atoms with Gasteiger partial charge in [-0.15, -0.1) is 0 Å². The summed E-state index contributed by atoms with van der Waals surface area (Å²) in [6.07, 6.45) is 6.35. The minimum Gasteiger partial charge on any atom is -0.398 e. The maximum atomic E-state index is 12.7. The van der Waals surface area contributed by atoms with Gasteiger partial charge in [0.15, 0.2) is 0 Å². The van der Waals surface area contributed by atoms with E-state index in [1.165, 1.54) is 29.3 Å². The summed E-state index contributed by atoms with van der Waals surface area (Å²) in [7, 11) is -1.94. The van der Waals surface area contributed by atoms with Gasteiger partial charge in [-0.1, -0.05) is 37.3 Å². The molecule has 2 rings (SSSR count). The molecule has 6 heteroatoms. The molecule has 0 spiro atoms. The van der Waals surface area contributed by atoms with Crippen molar-refractivity contribution < 1.29 is 8.42 Å². The average molecular weight is 317 g/mol. The first-order valence-corrected chi connectivity index (χ1v) is 8.78. The molecule has 1 fully saturated rings. The molecule has 1 aromatic rings. The van der Waals surface area contributed by atoms with E-state index in [1.807, 2.05) is 0 Å². The van der Waals surface area contributed by atoms with Crippen molar-refractivity contribution in [2.24, 2.45) is 0 Å². The monoisotopic (exact) mass is 316 g/mol. The molecule has 0 bridgehead atoms. The van der Waals surface area contributed by atoms with Crippen LogP contribution in [0.4, 0.5) is 5.69 Å². The number of anilines is 1. The van der Waals surface area contributed by atoms with Crippen molar-refractivity contribution in [3.05, 3.63) is 23.2 Å². The van der Waals surface area contributed by atoms with E-state index in [2.05, 4.69) is 0 Å². The zero-order chi connectivity index (χ0) is 14.8. The maximum absolute atomic E-state index is 12.7. The summed E-state index contributed by atoms with van der Waals surface area (Å²) in [5.41, 5.74) is 6.05. The van der Waals surface area contributed by atoms with Gasteiger partial charge >= 0.3 is 0 Å². The van der Waals surface area contributed by atoms with Crippen molar-refractivity contribution >= 4 is 27.3 Å². The number of hydrogen-bond acceptors (Lipinski definition) is 3. The van der Waals surface area contributed by atoms with Crippen LogP contribution in [-0.2, 0) is 10.0 Å². The Kier molecular flexibility index (Phi) is 4.94. The largest absolute Gasteiger partial charge is 0.398 e. The molecule has 20 heavy (non-hydrogen) atoms. The molecule has 1 aliphatic carbocycles. The topological polar surface area (TPSA) is 63.4 Å². The standard InChI is InChI=1S/C14H21ClN2O2S/c1-17(12-6-4-2-3-5-7-12)20(18,19)14-10-11(15)8-9-13(14)16/h8-10,12H,2-7,16H2,1H3. The van der Waals surface area contributed by atoms with Gasteiger partial charge in [0, 0.05) is 18.1 Å². The van der Waals surface area contributed by atoms with Crippen molar-refractivity contribution in [3.8, 4) is 0 Å². The highest BCUT2D eigenvalue weighted by Gasteiger charge is 2.29. The Balaban J connectivity index is 2.31. The molecule has 0 aliphatic heterocycles. The number of sulfonamides is 1.